The Kier molecular flexibility index (Phi) is 10.2. The third kappa shape index (κ3) is 8.15. The van der Waals surface area contributed by atoms with E-state index in [2.05, 4.69) is 27.3 Å². The number of likely N-dealkylation sites (tertiary alicyclic amines) is 1. The second-order valence-corrected chi connectivity index (χ2v) is 12.1. The molecule has 0 aliphatic carbocycles. The van der Waals surface area contributed by atoms with Crippen LogP contribution >= 0.6 is 0 Å². The lowest BCUT2D eigenvalue weighted by Crippen LogP contribution is -2.41. The maximum Gasteiger partial charge on any atom is 0.219 e. The highest BCUT2D eigenvalue weighted by Crippen LogP contribution is 2.26. The molecular formula is C33H44N6O5. The maximum absolute atomic E-state index is 13.3. The van der Waals surface area contributed by atoms with E-state index >= 15 is 0 Å². The molecule has 0 radical (unpaired) electrons. The van der Waals surface area contributed by atoms with E-state index < -0.39 is 6.10 Å². The molecule has 4 heterocycles. The van der Waals surface area contributed by atoms with Crippen molar-refractivity contribution in [3.8, 4) is 5.75 Å². The minimum absolute atomic E-state index is 0.0129. The lowest BCUT2D eigenvalue weighted by atomic mass is 9.98. The molecule has 1 aromatic carbocycles. The summed E-state index contributed by atoms with van der Waals surface area (Å²) < 4.78 is 11.3. The highest BCUT2D eigenvalue weighted by Gasteiger charge is 2.23. The Morgan fingerprint density at radius 1 is 1.16 bits per heavy atom. The zero-order valence-electron chi connectivity index (χ0n) is 26.2. The largest absolute Gasteiger partial charge is 0.486 e. The first kappa shape index (κ1) is 31.5. The number of rotatable bonds is 12. The molecule has 236 valence electrons. The summed E-state index contributed by atoms with van der Waals surface area (Å²) in [5.74, 6) is 2.98. The monoisotopic (exact) mass is 604 g/mol. The Morgan fingerprint density at radius 3 is 2.66 bits per heavy atom. The third-order valence-electron chi connectivity index (χ3n) is 8.54. The molecule has 11 nitrogen and oxygen atoms in total. The van der Waals surface area contributed by atoms with Crippen LogP contribution < -0.4 is 15.0 Å². The topological polar surface area (TPSA) is 124 Å². The number of piperidine rings is 1. The zero-order valence-corrected chi connectivity index (χ0v) is 26.2. The molecule has 0 spiro atoms. The number of fused-ring (bicyclic) bond motifs is 1. The summed E-state index contributed by atoms with van der Waals surface area (Å²) in [7, 11) is 3.80. The van der Waals surface area contributed by atoms with Crippen molar-refractivity contribution in [2.45, 2.75) is 71.2 Å². The van der Waals surface area contributed by atoms with Crippen molar-refractivity contribution in [2.24, 2.45) is 0 Å². The van der Waals surface area contributed by atoms with Gasteiger partial charge in [0.05, 0.1) is 11.8 Å². The molecule has 3 aromatic rings. The number of nitrogens with one attached hydrogen (secondary N) is 1. The van der Waals surface area contributed by atoms with Crippen molar-refractivity contribution in [3.63, 3.8) is 0 Å². The van der Waals surface area contributed by atoms with Crippen molar-refractivity contribution in [1.82, 2.24) is 19.8 Å². The van der Waals surface area contributed by atoms with E-state index in [1.165, 1.54) is 17.5 Å². The number of ether oxygens (including phenoxy) is 1. The quantitative estimate of drug-likeness (QED) is 0.295. The number of aliphatic hydroxyl groups excluding tert-OH is 1. The van der Waals surface area contributed by atoms with Gasteiger partial charge in [0.15, 0.2) is 17.9 Å². The van der Waals surface area contributed by atoms with Crippen molar-refractivity contribution in [3.05, 3.63) is 64.9 Å². The maximum atomic E-state index is 13.3. The minimum Gasteiger partial charge on any atom is -0.486 e. The van der Waals surface area contributed by atoms with Crippen LogP contribution in [0.4, 0.5) is 11.6 Å². The molecule has 0 saturated carbocycles. The standard InChI is InChI=1S/C33H44N6O5/c1-22-31(44-21-34-22)20-43-29-7-5-25-18-38(12-9-24(25)15-29)19-28(41)6-8-30(42)26-16-32(36-33(17-26)37(3)4)35-27-10-13-39(14-11-27)23(2)40/h5,7,15-17,21,27-28,41H,6,8-14,18-20H2,1-4H3,(H,35,36)/t28-/m0/s1. The van der Waals surface area contributed by atoms with Crippen LogP contribution in [0.15, 0.2) is 41.1 Å². The number of aromatic nitrogens is 2. The van der Waals surface area contributed by atoms with Gasteiger partial charge in [-0.3, -0.25) is 14.5 Å². The number of oxazole rings is 1. The molecule has 2 aromatic heterocycles. The molecule has 1 amide bonds. The number of aryl methyl sites for hydroxylation is 1. The number of aliphatic hydroxyl groups is 1. The van der Waals surface area contributed by atoms with Crippen LogP contribution in [0.1, 0.15) is 65.5 Å². The minimum atomic E-state index is -0.604. The van der Waals surface area contributed by atoms with E-state index in [-0.39, 0.29) is 24.2 Å². The van der Waals surface area contributed by atoms with E-state index in [1.807, 2.05) is 49.0 Å². The van der Waals surface area contributed by atoms with Crippen LogP contribution in [0.3, 0.4) is 0 Å². The number of carbonyl (C=O) groups is 2. The number of anilines is 2. The number of Topliss-reactive ketones (excluding diaryl/α,β-unsaturated/α-hetero) is 1. The number of amides is 1. The summed E-state index contributed by atoms with van der Waals surface area (Å²) in [5, 5.41) is 14.3. The molecule has 0 unspecified atom stereocenters. The summed E-state index contributed by atoms with van der Waals surface area (Å²) >= 11 is 0. The zero-order chi connectivity index (χ0) is 31.2. The van der Waals surface area contributed by atoms with Gasteiger partial charge >= 0.3 is 0 Å². The fourth-order valence-corrected chi connectivity index (χ4v) is 5.81. The van der Waals surface area contributed by atoms with Gasteiger partial charge in [0.1, 0.15) is 24.0 Å². The number of β-amino-alcohol motifs (C(OH)–C–C–N with tert-alkyl or cyclic N) is 1. The normalized spacial score (nSPS) is 16.3. The summed E-state index contributed by atoms with van der Waals surface area (Å²) in [6, 6.07) is 9.96. The van der Waals surface area contributed by atoms with E-state index in [1.54, 1.807) is 6.92 Å². The van der Waals surface area contributed by atoms with Crippen molar-refractivity contribution < 1.29 is 23.8 Å². The van der Waals surface area contributed by atoms with Crippen LogP contribution in [-0.4, -0.2) is 89.0 Å². The van der Waals surface area contributed by atoms with Crippen LogP contribution in [-0.2, 0) is 24.4 Å². The van der Waals surface area contributed by atoms with E-state index in [9.17, 15) is 14.7 Å². The fraction of sp³-hybridized carbons (Fsp3) is 0.515. The van der Waals surface area contributed by atoms with Crippen molar-refractivity contribution >= 4 is 23.3 Å². The second kappa shape index (κ2) is 14.2. The van der Waals surface area contributed by atoms with Gasteiger partial charge in [0.25, 0.3) is 0 Å². The van der Waals surface area contributed by atoms with Gasteiger partial charge in [0, 0.05) is 71.8 Å². The van der Waals surface area contributed by atoms with Crippen LogP contribution in [0.2, 0.25) is 0 Å². The molecule has 5 rings (SSSR count). The number of ketones is 1. The van der Waals surface area contributed by atoms with E-state index in [0.717, 1.165) is 49.6 Å². The molecule has 1 fully saturated rings. The molecule has 1 saturated heterocycles. The lowest BCUT2D eigenvalue weighted by Gasteiger charge is -2.32. The average molecular weight is 605 g/mol. The number of hydrogen-bond acceptors (Lipinski definition) is 10. The molecule has 44 heavy (non-hydrogen) atoms. The summed E-state index contributed by atoms with van der Waals surface area (Å²) in [5.41, 5.74) is 3.89. The third-order valence-corrected chi connectivity index (χ3v) is 8.54. The lowest BCUT2D eigenvalue weighted by molar-refractivity contribution is -0.129. The van der Waals surface area contributed by atoms with E-state index in [0.29, 0.717) is 49.9 Å². The molecule has 0 bridgehead atoms. The Bertz CT molecular complexity index is 1450. The Balaban J connectivity index is 1.11. The predicted octanol–water partition coefficient (Wildman–Crippen LogP) is 3.83. The highest BCUT2D eigenvalue weighted by molar-refractivity contribution is 5.97. The predicted molar refractivity (Wildman–Crippen MR) is 168 cm³/mol. The Labute approximate surface area is 259 Å². The summed E-state index contributed by atoms with van der Waals surface area (Å²) in [6.45, 7) is 7.37. The number of pyridine rings is 1. The van der Waals surface area contributed by atoms with Crippen molar-refractivity contribution in [1.29, 1.82) is 0 Å². The summed E-state index contributed by atoms with van der Waals surface area (Å²) in [4.78, 5) is 39.7. The number of nitrogens with zero attached hydrogens (tertiary/aromatic N) is 5. The molecule has 2 N–H and O–H groups in total. The van der Waals surface area contributed by atoms with Gasteiger partial charge < -0.3 is 29.4 Å². The molecule has 1 atom stereocenters. The summed E-state index contributed by atoms with van der Waals surface area (Å²) in [6.07, 6.45) is 4.01. The van der Waals surface area contributed by atoms with Gasteiger partial charge in [-0.05, 0) is 68.0 Å². The molecule has 11 heteroatoms. The average Bonchev–Trinajstić information content (AvgIpc) is 3.43. The molecular weight excluding hydrogens is 560 g/mol. The highest BCUT2D eigenvalue weighted by atomic mass is 16.5. The first-order valence-electron chi connectivity index (χ1n) is 15.4. The Hall–Kier alpha value is -3.96. The number of carbonyl (C=O) groups excluding carboxylic acids is 2. The van der Waals surface area contributed by atoms with Gasteiger partial charge in [-0.2, -0.15) is 0 Å². The first-order valence-corrected chi connectivity index (χ1v) is 15.4. The van der Waals surface area contributed by atoms with Gasteiger partial charge in [-0.15, -0.1) is 0 Å². The first-order chi connectivity index (χ1) is 21.1. The number of hydrogen-bond donors (Lipinski definition) is 2. The fourth-order valence-electron chi connectivity index (χ4n) is 5.81. The molecule has 2 aliphatic heterocycles. The second-order valence-electron chi connectivity index (χ2n) is 12.1. The van der Waals surface area contributed by atoms with Crippen molar-refractivity contribution in [2.75, 3.05) is 50.5 Å². The van der Waals surface area contributed by atoms with E-state index in [4.69, 9.17) is 14.1 Å². The van der Waals surface area contributed by atoms with Gasteiger partial charge in [0.2, 0.25) is 5.91 Å². The van der Waals surface area contributed by atoms with Crippen LogP contribution in [0.25, 0.3) is 0 Å². The molecule has 2 aliphatic rings. The van der Waals surface area contributed by atoms with Gasteiger partial charge in [-0.25, -0.2) is 9.97 Å². The number of benzene rings is 1. The smallest absolute Gasteiger partial charge is 0.219 e. The Morgan fingerprint density at radius 2 is 1.95 bits per heavy atom. The van der Waals surface area contributed by atoms with Crippen LogP contribution in [0, 0.1) is 6.92 Å². The van der Waals surface area contributed by atoms with Gasteiger partial charge in [-0.1, -0.05) is 6.07 Å². The van der Waals surface area contributed by atoms with Crippen LogP contribution in [0.5, 0.6) is 5.75 Å². The SMILES string of the molecule is CC(=O)N1CCC(Nc2cc(C(=O)CC[C@H](O)CN3CCc4cc(OCc5ocnc5C)ccc4C3)cc(N(C)C)n2)CC1.